The van der Waals surface area contributed by atoms with Crippen molar-refractivity contribution in [3.63, 3.8) is 0 Å². The van der Waals surface area contributed by atoms with Gasteiger partial charge < -0.3 is 11.1 Å². The summed E-state index contributed by atoms with van der Waals surface area (Å²) >= 11 is 0. The van der Waals surface area contributed by atoms with Gasteiger partial charge in [-0.15, -0.1) is 0 Å². The SMILES string of the molecule is CCc1ccc(C(CN)CC(=O)NC(C)(C)C)cc1. The normalized spacial score (nSPS) is 13.1. The Kier molecular flexibility index (Phi) is 5.55. The Labute approximate surface area is 116 Å². The molecule has 1 aromatic carbocycles. The highest BCUT2D eigenvalue weighted by Crippen LogP contribution is 2.19. The molecule has 0 aliphatic carbocycles. The van der Waals surface area contributed by atoms with Crippen LogP contribution in [0.5, 0.6) is 0 Å². The minimum Gasteiger partial charge on any atom is -0.351 e. The lowest BCUT2D eigenvalue weighted by molar-refractivity contribution is -0.122. The molecule has 0 aliphatic rings. The fourth-order valence-electron chi connectivity index (χ4n) is 2.06. The van der Waals surface area contributed by atoms with Crippen LogP contribution in [0.3, 0.4) is 0 Å². The fourth-order valence-corrected chi connectivity index (χ4v) is 2.06. The molecule has 0 spiro atoms. The molecule has 0 saturated heterocycles. The first-order chi connectivity index (χ1) is 8.85. The van der Waals surface area contributed by atoms with Gasteiger partial charge in [0.15, 0.2) is 0 Å². The molecule has 0 saturated carbocycles. The summed E-state index contributed by atoms with van der Waals surface area (Å²) in [4.78, 5) is 12.0. The first kappa shape index (κ1) is 15.7. The first-order valence-corrected chi connectivity index (χ1v) is 6.95. The van der Waals surface area contributed by atoms with Crippen molar-refractivity contribution in [2.75, 3.05) is 6.54 Å². The van der Waals surface area contributed by atoms with Gasteiger partial charge in [-0.05, 0) is 44.9 Å². The lowest BCUT2D eigenvalue weighted by Gasteiger charge is -2.23. The van der Waals surface area contributed by atoms with Crippen molar-refractivity contribution in [2.24, 2.45) is 5.73 Å². The number of nitrogens with two attached hydrogens (primary N) is 1. The second kappa shape index (κ2) is 6.71. The third-order valence-electron chi connectivity index (χ3n) is 3.09. The van der Waals surface area contributed by atoms with Gasteiger partial charge in [-0.2, -0.15) is 0 Å². The summed E-state index contributed by atoms with van der Waals surface area (Å²) in [5.41, 5.74) is 8.06. The van der Waals surface area contributed by atoms with Crippen molar-refractivity contribution in [2.45, 2.75) is 52.0 Å². The van der Waals surface area contributed by atoms with Crippen molar-refractivity contribution in [3.05, 3.63) is 35.4 Å². The zero-order valence-corrected chi connectivity index (χ0v) is 12.5. The quantitative estimate of drug-likeness (QED) is 0.857. The molecule has 1 unspecified atom stereocenters. The predicted molar refractivity (Wildman–Crippen MR) is 80.1 cm³/mol. The molecule has 0 radical (unpaired) electrons. The van der Waals surface area contributed by atoms with Gasteiger partial charge in [-0.3, -0.25) is 4.79 Å². The summed E-state index contributed by atoms with van der Waals surface area (Å²) in [6.07, 6.45) is 1.47. The second-order valence-electron chi connectivity index (χ2n) is 6.03. The maximum Gasteiger partial charge on any atom is 0.221 e. The van der Waals surface area contributed by atoms with Gasteiger partial charge in [0.05, 0.1) is 0 Å². The molecule has 0 bridgehead atoms. The minimum absolute atomic E-state index is 0.0579. The van der Waals surface area contributed by atoms with E-state index >= 15 is 0 Å². The van der Waals surface area contributed by atoms with E-state index < -0.39 is 0 Å². The Morgan fingerprint density at radius 2 is 1.84 bits per heavy atom. The monoisotopic (exact) mass is 262 g/mol. The Morgan fingerprint density at radius 1 is 1.26 bits per heavy atom. The number of amides is 1. The second-order valence-corrected chi connectivity index (χ2v) is 6.03. The van der Waals surface area contributed by atoms with Crippen molar-refractivity contribution in [3.8, 4) is 0 Å². The number of aryl methyl sites for hydroxylation is 1. The molecule has 0 heterocycles. The third kappa shape index (κ3) is 5.43. The largest absolute Gasteiger partial charge is 0.351 e. The van der Waals surface area contributed by atoms with Crippen LogP contribution in [0, 0.1) is 0 Å². The van der Waals surface area contributed by atoms with Crippen molar-refractivity contribution < 1.29 is 4.79 Å². The van der Waals surface area contributed by atoms with Crippen molar-refractivity contribution >= 4 is 5.91 Å². The van der Waals surface area contributed by atoms with E-state index in [0.29, 0.717) is 13.0 Å². The molecule has 1 rings (SSSR count). The van der Waals surface area contributed by atoms with E-state index in [0.717, 1.165) is 12.0 Å². The third-order valence-corrected chi connectivity index (χ3v) is 3.09. The van der Waals surface area contributed by atoms with Crippen LogP contribution >= 0.6 is 0 Å². The summed E-state index contributed by atoms with van der Waals surface area (Å²) in [5, 5.41) is 2.98. The number of hydrogen-bond donors (Lipinski definition) is 2. The van der Waals surface area contributed by atoms with Gasteiger partial charge >= 0.3 is 0 Å². The number of rotatable bonds is 5. The molecule has 3 heteroatoms. The van der Waals surface area contributed by atoms with Gasteiger partial charge in [-0.1, -0.05) is 31.2 Å². The predicted octanol–water partition coefficient (Wildman–Crippen LogP) is 2.60. The lowest BCUT2D eigenvalue weighted by atomic mass is 9.94. The van der Waals surface area contributed by atoms with E-state index in [1.807, 2.05) is 20.8 Å². The fraction of sp³-hybridized carbons (Fsp3) is 0.562. The van der Waals surface area contributed by atoms with Gasteiger partial charge in [0.25, 0.3) is 0 Å². The maximum absolute atomic E-state index is 12.0. The van der Waals surface area contributed by atoms with E-state index in [1.165, 1.54) is 5.56 Å². The topological polar surface area (TPSA) is 55.1 Å². The molecule has 106 valence electrons. The highest BCUT2D eigenvalue weighted by Gasteiger charge is 2.18. The van der Waals surface area contributed by atoms with Gasteiger partial charge in [0.1, 0.15) is 0 Å². The molecule has 3 N–H and O–H groups in total. The molecule has 0 fully saturated rings. The zero-order valence-electron chi connectivity index (χ0n) is 12.5. The first-order valence-electron chi connectivity index (χ1n) is 6.95. The average molecular weight is 262 g/mol. The van der Waals surface area contributed by atoms with Crippen molar-refractivity contribution in [1.29, 1.82) is 0 Å². The maximum atomic E-state index is 12.0. The molecule has 0 aliphatic heterocycles. The Morgan fingerprint density at radius 3 is 2.26 bits per heavy atom. The molecule has 1 atom stereocenters. The van der Waals surface area contributed by atoms with E-state index in [4.69, 9.17) is 5.73 Å². The molecule has 1 amide bonds. The highest BCUT2D eigenvalue weighted by atomic mass is 16.1. The van der Waals surface area contributed by atoms with Crippen molar-refractivity contribution in [1.82, 2.24) is 5.32 Å². The van der Waals surface area contributed by atoms with Crippen LogP contribution in [-0.2, 0) is 11.2 Å². The summed E-state index contributed by atoms with van der Waals surface area (Å²) < 4.78 is 0. The lowest BCUT2D eigenvalue weighted by Crippen LogP contribution is -2.41. The summed E-state index contributed by atoms with van der Waals surface area (Å²) in [5.74, 6) is 0.149. The molecule has 0 aromatic heterocycles. The molecule has 1 aromatic rings. The summed E-state index contributed by atoms with van der Waals surface area (Å²) in [6.45, 7) is 8.57. The van der Waals surface area contributed by atoms with E-state index in [9.17, 15) is 4.79 Å². The zero-order chi connectivity index (χ0) is 14.5. The van der Waals surface area contributed by atoms with E-state index in [-0.39, 0.29) is 17.4 Å². The van der Waals surface area contributed by atoms with E-state index in [1.54, 1.807) is 0 Å². The van der Waals surface area contributed by atoms with Crippen LogP contribution in [0.15, 0.2) is 24.3 Å². The van der Waals surface area contributed by atoms with Crippen LogP contribution in [0.2, 0.25) is 0 Å². The smallest absolute Gasteiger partial charge is 0.221 e. The van der Waals surface area contributed by atoms with Gasteiger partial charge in [0.2, 0.25) is 5.91 Å². The number of carbonyl (C=O) groups excluding carboxylic acids is 1. The Bertz CT molecular complexity index is 404. The number of benzene rings is 1. The highest BCUT2D eigenvalue weighted by molar-refractivity contribution is 5.77. The van der Waals surface area contributed by atoms with Crippen LogP contribution in [-0.4, -0.2) is 18.0 Å². The minimum atomic E-state index is -0.192. The number of nitrogens with one attached hydrogen (secondary N) is 1. The molecular formula is C16H26N2O. The Hall–Kier alpha value is -1.35. The Balaban J connectivity index is 2.69. The molecule has 3 nitrogen and oxygen atoms in total. The van der Waals surface area contributed by atoms with Crippen LogP contribution in [0.25, 0.3) is 0 Å². The van der Waals surface area contributed by atoms with Gasteiger partial charge in [-0.25, -0.2) is 0 Å². The summed E-state index contributed by atoms with van der Waals surface area (Å²) in [6, 6.07) is 8.39. The molecule has 19 heavy (non-hydrogen) atoms. The van der Waals surface area contributed by atoms with Crippen LogP contribution in [0.4, 0.5) is 0 Å². The standard InChI is InChI=1S/C16H26N2O/c1-5-12-6-8-13(9-7-12)14(11-17)10-15(19)18-16(2,3)4/h6-9,14H,5,10-11,17H2,1-4H3,(H,18,19). The van der Waals surface area contributed by atoms with Crippen LogP contribution in [0.1, 0.15) is 51.2 Å². The molecular weight excluding hydrogens is 236 g/mol. The van der Waals surface area contributed by atoms with E-state index in [2.05, 4.69) is 36.5 Å². The number of hydrogen-bond acceptors (Lipinski definition) is 2. The van der Waals surface area contributed by atoms with Gasteiger partial charge in [0, 0.05) is 17.9 Å². The summed E-state index contributed by atoms with van der Waals surface area (Å²) in [7, 11) is 0. The van der Waals surface area contributed by atoms with Crippen LogP contribution < -0.4 is 11.1 Å². The number of carbonyl (C=O) groups is 1. The average Bonchev–Trinajstić information content (AvgIpc) is 2.34.